The van der Waals surface area contributed by atoms with Gasteiger partial charge in [-0.3, -0.25) is 4.57 Å². The van der Waals surface area contributed by atoms with Crippen molar-refractivity contribution in [2.24, 2.45) is 0 Å². The van der Waals surface area contributed by atoms with Crippen LogP contribution in [0.25, 0.3) is 81.5 Å². The molecule has 8 aromatic carbocycles. The first-order valence-corrected chi connectivity index (χ1v) is 19.2. The number of hydrogen-bond acceptors (Lipinski definition) is 5. The largest absolute Gasteiger partial charge is 0.310 e. The van der Waals surface area contributed by atoms with E-state index in [0.717, 1.165) is 44.6 Å². The second-order valence-electron chi connectivity index (χ2n) is 13.6. The lowest BCUT2D eigenvalue weighted by molar-refractivity contribution is 0.955. The third kappa shape index (κ3) is 5.11. The molecule has 0 fully saturated rings. The number of fused-ring (bicyclic) bond motifs is 10. The third-order valence-electron chi connectivity index (χ3n) is 10.4. The zero-order valence-electron chi connectivity index (χ0n) is 29.5. The molecule has 0 radical (unpaired) electrons. The molecule has 3 aromatic heterocycles. The normalized spacial score (nSPS) is 11.6. The lowest BCUT2D eigenvalue weighted by Crippen LogP contribution is -2.09. The minimum Gasteiger partial charge on any atom is -0.310 e. The summed E-state index contributed by atoms with van der Waals surface area (Å²) in [5.41, 5.74) is 7.24. The summed E-state index contributed by atoms with van der Waals surface area (Å²) in [7, 11) is 0. The highest BCUT2D eigenvalue weighted by atomic mass is 32.1. The maximum atomic E-state index is 5.30. The van der Waals surface area contributed by atoms with Crippen LogP contribution in [0.5, 0.6) is 0 Å². The summed E-state index contributed by atoms with van der Waals surface area (Å²) < 4.78 is 4.74. The summed E-state index contributed by atoms with van der Waals surface area (Å²) in [5, 5.41) is 7.24. The Morgan fingerprint density at radius 2 is 0.927 bits per heavy atom. The SMILES string of the molecule is c1ccc(-c2nc(-c3ccccc3)nc(-n3c4ccc(N(c5ccccc5)c5ccccc5)cc4c4c5ccccc5c5c6ccccc6sc5c43)n2)cc1. The summed E-state index contributed by atoms with van der Waals surface area (Å²) >= 11 is 1.83. The Kier molecular flexibility index (Phi) is 7.28. The van der Waals surface area contributed by atoms with E-state index >= 15 is 0 Å². The number of benzene rings is 8. The minimum atomic E-state index is 0.581. The zero-order chi connectivity index (χ0) is 36.3. The van der Waals surface area contributed by atoms with E-state index in [1.165, 1.54) is 36.3 Å². The molecule has 3 heterocycles. The summed E-state index contributed by atoms with van der Waals surface area (Å²) in [4.78, 5) is 18.0. The van der Waals surface area contributed by atoms with Crippen LogP contribution in [0.3, 0.4) is 0 Å². The van der Waals surface area contributed by atoms with Crippen molar-refractivity contribution in [3.63, 3.8) is 0 Å². The minimum absolute atomic E-state index is 0.581. The molecule has 258 valence electrons. The summed E-state index contributed by atoms with van der Waals surface area (Å²) in [5.74, 6) is 1.84. The van der Waals surface area contributed by atoms with Gasteiger partial charge < -0.3 is 4.90 Å². The van der Waals surface area contributed by atoms with E-state index in [1.807, 2.05) is 47.7 Å². The van der Waals surface area contributed by atoms with E-state index in [0.29, 0.717) is 17.6 Å². The molecule has 0 aliphatic carbocycles. The van der Waals surface area contributed by atoms with Crippen molar-refractivity contribution < 1.29 is 0 Å². The predicted molar refractivity (Wildman–Crippen MR) is 230 cm³/mol. The van der Waals surface area contributed by atoms with Crippen LogP contribution in [-0.2, 0) is 0 Å². The van der Waals surface area contributed by atoms with Crippen LogP contribution in [0, 0.1) is 0 Å². The fraction of sp³-hybridized carbons (Fsp3) is 0. The second kappa shape index (κ2) is 12.8. The van der Waals surface area contributed by atoms with Crippen LogP contribution >= 0.6 is 11.3 Å². The average Bonchev–Trinajstić information content (AvgIpc) is 3.82. The Hall–Kier alpha value is -7.15. The van der Waals surface area contributed by atoms with Crippen molar-refractivity contribution in [2.75, 3.05) is 4.90 Å². The number of anilines is 3. The fourth-order valence-corrected chi connectivity index (χ4v) is 9.27. The lowest BCUT2D eigenvalue weighted by atomic mass is 9.98. The Balaban J connectivity index is 1.31. The van der Waals surface area contributed by atoms with E-state index < -0.39 is 0 Å². The first kappa shape index (κ1) is 31.4. The predicted octanol–water partition coefficient (Wildman–Crippen LogP) is 13.3. The highest BCUT2D eigenvalue weighted by Gasteiger charge is 2.25. The first-order chi connectivity index (χ1) is 27.3. The Labute approximate surface area is 321 Å². The standard InChI is InChI=1S/C49H31N5S/c1-5-17-32(18-6-1)47-50-48(33-19-7-2-8-20-33)52-49(51-47)54-41-30-29-36(53(34-21-9-3-10-22-34)35-23-11-4-12-24-35)31-40(41)43-37-25-13-14-26-38(37)44-39-27-15-16-28-42(39)55-46(44)45(43)54/h1-31H. The quantitative estimate of drug-likeness (QED) is 0.171. The van der Waals surface area contributed by atoms with Gasteiger partial charge in [-0.25, -0.2) is 4.98 Å². The lowest BCUT2D eigenvalue weighted by Gasteiger charge is -2.25. The van der Waals surface area contributed by atoms with E-state index in [4.69, 9.17) is 15.0 Å². The second-order valence-corrected chi connectivity index (χ2v) is 14.7. The van der Waals surface area contributed by atoms with Crippen LogP contribution in [0.4, 0.5) is 17.1 Å². The Bertz CT molecular complexity index is 3100. The van der Waals surface area contributed by atoms with Gasteiger partial charge in [0.2, 0.25) is 5.95 Å². The molecule has 0 saturated heterocycles. The molecular weight excluding hydrogens is 691 g/mol. The molecule has 55 heavy (non-hydrogen) atoms. The number of rotatable bonds is 6. The summed E-state index contributed by atoms with van der Waals surface area (Å²) in [6.45, 7) is 0. The van der Waals surface area contributed by atoms with E-state index in [-0.39, 0.29) is 0 Å². The van der Waals surface area contributed by atoms with Gasteiger partial charge in [0.05, 0.1) is 15.7 Å². The third-order valence-corrected chi connectivity index (χ3v) is 11.6. The number of hydrogen-bond donors (Lipinski definition) is 0. The fourth-order valence-electron chi connectivity index (χ4n) is 8.01. The van der Waals surface area contributed by atoms with Crippen molar-refractivity contribution in [2.45, 2.75) is 0 Å². The van der Waals surface area contributed by atoms with E-state index in [2.05, 4.69) is 161 Å². The van der Waals surface area contributed by atoms with E-state index in [9.17, 15) is 0 Å². The van der Waals surface area contributed by atoms with Gasteiger partial charge in [-0.05, 0) is 59.3 Å². The van der Waals surface area contributed by atoms with Crippen molar-refractivity contribution >= 4 is 81.1 Å². The summed E-state index contributed by atoms with van der Waals surface area (Å²) in [6.07, 6.45) is 0. The first-order valence-electron chi connectivity index (χ1n) is 18.4. The number of nitrogens with zero attached hydrogens (tertiary/aromatic N) is 5. The monoisotopic (exact) mass is 721 g/mol. The molecule has 0 bridgehead atoms. The van der Waals surface area contributed by atoms with Crippen LogP contribution in [0.15, 0.2) is 188 Å². The topological polar surface area (TPSA) is 46.8 Å². The Morgan fingerprint density at radius 3 is 1.53 bits per heavy atom. The van der Waals surface area contributed by atoms with Crippen LogP contribution in [0.1, 0.15) is 0 Å². The van der Waals surface area contributed by atoms with Crippen molar-refractivity contribution in [1.29, 1.82) is 0 Å². The molecule has 6 heteroatoms. The van der Waals surface area contributed by atoms with Gasteiger partial charge in [-0.1, -0.05) is 140 Å². The molecule has 11 aromatic rings. The van der Waals surface area contributed by atoms with Gasteiger partial charge in [0.25, 0.3) is 0 Å². The van der Waals surface area contributed by atoms with Crippen LogP contribution in [0.2, 0.25) is 0 Å². The van der Waals surface area contributed by atoms with Crippen molar-refractivity contribution in [3.8, 4) is 28.7 Å². The maximum absolute atomic E-state index is 5.30. The van der Waals surface area contributed by atoms with Gasteiger partial charge in [0, 0.05) is 54.4 Å². The van der Waals surface area contributed by atoms with Crippen molar-refractivity contribution in [3.05, 3.63) is 188 Å². The number of thiophene rings is 1. The Morgan fingerprint density at radius 1 is 0.418 bits per heavy atom. The van der Waals surface area contributed by atoms with Gasteiger partial charge in [0.1, 0.15) is 0 Å². The molecule has 0 unspecified atom stereocenters. The van der Waals surface area contributed by atoms with Crippen molar-refractivity contribution in [1.82, 2.24) is 19.5 Å². The molecule has 0 aliphatic heterocycles. The molecule has 0 spiro atoms. The smallest absolute Gasteiger partial charge is 0.238 e. The molecular formula is C49H31N5S. The van der Waals surface area contributed by atoms with E-state index in [1.54, 1.807) is 0 Å². The van der Waals surface area contributed by atoms with Gasteiger partial charge >= 0.3 is 0 Å². The molecule has 0 atom stereocenters. The van der Waals surface area contributed by atoms with Crippen LogP contribution < -0.4 is 4.90 Å². The molecule has 0 N–H and O–H groups in total. The zero-order valence-corrected chi connectivity index (χ0v) is 30.4. The average molecular weight is 722 g/mol. The summed E-state index contributed by atoms with van der Waals surface area (Å²) in [6, 6.07) is 66.0. The molecule has 11 rings (SSSR count). The maximum Gasteiger partial charge on any atom is 0.238 e. The van der Waals surface area contributed by atoms with Crippen LogP contribution in [-0.4, -0.2) is 19.5 Å². The number of para-hydroxylation sites is 2. The van der Waals surface area contributed by atoms with Gasteiger partial charge in [-0.15, -0.1) is 11.3 Å². The van der Waals surface area contributed by atoms with Gasteiger partial charge in [-0.2, -0.15) is 9.97 Å². The molecule has 0 amide bonds. The highest BCUT2D eigenvalue weighted by molar-refractivity contribution is 7.27. The number of aromatic nitrogens is 4. The molecule has 0 saturated carbocycles. The van der Waals surface area contributed by atoms with Gasteiger partial charge in [0.15, 0.2) is 11.6 Å². The molecule has 5 nitrogen and oxygen atoms in total. The molecule has 0 aliphatic rings. The highest BCUT2D eigenvalue weighted by Crippen LogP contribution is 2.49.